The zero-order valence-corrected chi connectivity index (χ0v) is 16.8. The first-order valence-corrected chi connectivity index (χ1v) is 11.2. The van der Waals surface area contributed by atoms with E-state index in [0.717, 1.165) is 18.8 Å². The summed E-state index contributed by atoms with van der Waals surface area (Å²) < 4.78 is 1.99. The lowest BCUT2D eigenvalue weighted by molar-refractivity contribution is -0.142. The Labute approximate surface area is 162 Å². The van der Waals surface area contributed by atoms with Crippen LogP contribution in [0.3, 0.4) is 0 Å². The van der Waals surface area contributed by atoms with E-state index in [4.69, 9.17) is 0 Å². The number of thiophene rings is 1. The quantitative estimate of drug-likeness (QED) is 0.739. The fourth-order valence-electron chi connectivity index (χ4n) is 3.86. The lowest BCUT2D eigenvalue weighted by Crippen LogP contribution is -2.42. The lowest BCUT2D eigenvalue weighted by atomic mass is 9.84. The van der Waals surface area contributed by atoms with Crippen LogP contribution in [0.5, 0.6) is 0 Å². The predicted molar refractivity (Wildman–Crippen MR) is 101 cm³/mol. The Morgan fingerprint density at radius 2 is 2.00 bits per heavy atom. The third-order valence-electron chi connectivity index (χ3n) is 5.56. The van der Waals surface area contributed by atoms with Crippen molar-refractivity contribution in [3.63, 3.8) is 0 Å². The highest BCUT2D eigenvalue weighted by Gasteiger charge is 2.47. The number of carboxylic acid groups (broad SMARTS) is 1. The number of aliphatic carboxylic acids is 1. The number of aromatic nitrogens is 3. The van der Waals surface area contributed by atoms with Gasteiger partial charge in [0, 0.05) is 4.88 Å². The smallest absolute Gasteiger partial charge is 0.320 e. The van der Waals surface area contributed by atoms with Crippen LogP contribution >= 0.6 is 39.0 Å². The Hall–Kier alpha value is -0.860. The number of thioether (sulfide) groups is 1. The van der Waals surface area contributed by atoms with Crippen molar-refractivity contribution < 1.29 is 9.90 Å². The fraction of sp³-hybridized carbons (Fsp3) is 0.588. The highest BCUT2D eigenvalue weighted by Crippen LogP contribution is 2.52. The second-order valence-corrected chi connectivity index (χ2v) is 10.3. The van der Waals surface area contributed by atoms with Crippen LogP contribution in [-0.2, 0) is 17.6 Å². The molecule has 1 N–H and O–H groups in total. The molecular formula is C17H18BrN3O2S2. The average molecular weight is 440 g/mol. The summed E-state index contributed by atoms with van der Waals surface area (Å²) in [5, 5.41) is 20.1. The van der Waals surface area contributed by atoms with Crippen LogP contribution in [0, 0.1) is 0 Å². The average Bonchev–Trinajstić information content (AvgIpc) is 2.99. The summed E-state index contributed by atoms with van der Waals surface area (Å²) in [7, 11) is 0. The lowest BCUT2D eigenvalue weighted by Gasteiger charge is -2.36. The zero-order chi connectivity index (χ0) is 17.2. The van der Waals surface area contributed by atoms with E-state index in [2.05, 4.69) is 26.1 Å². The topological polar surface area (TPSA) is 68.0 Å². The molecule has 0 atom stereocenters. The second-order valence-electron chi connectivity index (χ2n) is 7.20. The Morgan fingerprint density at radius 3 is 2.64 bits per heavy atom. The minimum atomic E-state index is -0.732. The van der Waals surface area contributed by atoms with Crippen molar-refractivity contribution in [2.24, 2.45) is 0 Å². The van der Waals surface area contributed by atoms with Crippen molar-refractivity contribution in [3.05, 3.63) is 20.7 Å². The molecule has 0 unspecified atom stereocenters. The molecule has 2 heterocycles. The molecule has 5 rings (SSSR count). The maximum atomic E-state index is 11.8. The van der Waals surface area contributed by atoms with E-state index in [1.54, 1.807) is 10.4 Å². The molecule has 8 heteroatoms. The van der Waals surface area contributed by atoms with Gasteiger partial charge in [0.15, 0.2) is 5.16 Å². The van der Waals surface area contributed by atoms with Crippen molar-refractivity contribution in [2.75, 3.05) is 0 Å². The fourth-order valence-corrected chi connectivity index (χ4v) is 7.43. The third kappa shape index (κ3) is 2.51. The van der Waals surface area contributed by atoms with Gasteiger partial charge in [0.25, 0.3) is 0 Å². The molecule has 25 heavy (non-hydrogen) atoms. The Bertz CT molecular complexity index is 868. The van der Waals surface area contributed by atoms with Crippen LogP contribution in [0.2, 0.25) is 0 Å². The number of fused-ring (bicyclic) bond motifs is 1. The standard InChI is InChI=1S/C17H18BrN3O2S2/c18-15-19-20-16(25-17(14(22)23)7-2-8-17)21(15)13-11-4-1-3-10(11)12(24-13)9-5-6-9/h9H,1-8H2,(H,22,23). The van der Waals surface area contributed by atoms with Crippen LogP contribution in [0.15, 0.2) is 9.89 Å². The minimum Gasteiger partial charge on any atom is -0.480 e. The van der Waals surface area contributed by atoms with Crippen molar-refractivity contribution in [1.82, 2.24) is 14.8 Å². The van der Waals surface area contributed by atoms with Crippen molar-refractivity contribution in [3.8, 4) is 5.00 Å². The second kappa shape index (κ2) is 5.82. The molecule has 3 aliphatic carbocycles. The van der Waals surface area contributed by atoms with Crippen molar-refractivity contribution in [1.29, 1.82) is 0 Å². The monoisotopic (exact) mass is 439 g/mol. The van der Waals surface area contributed by atoms with Gasteiger partial charge >= 0.3 is 5.97 Å². The number of hydrogen-bond acceptors (Lipinski definition) is 5. The normalized spacial score (nSPS) is 21.2. The summed E-state index contributed by atoms with van der Waals surface area (Å²) in [5.41, 5.74) is 2.99. The van der Waals surface area contributed by atoms with Gasteiger partial charge in [-0.25, -0.2) is 0 Å². The highest BCUT2D eigenvalue weighted by atomic mass is 79.9. The third-order valence-corrected chi connectivity index (χ3v) is 8.92. The molecule has 132 valence electrons. The molecule has 2 saturated carbocycles. The molecule has 0 amide bonds. The van der Waals surface area contributed by atoms with E-state index in [9.17, 15) is 9.90 Å². The largest absolute Gasteiger partial charge is 0.480 e. The van der Waals surface area contributed by atoms with Crippen LogP contribution in [0.1, 0.15) is 60.4 Å². The molecule has 3 aliphatic rings. The molecule has 0 radical (unpaired) electrons. The van der Waals surface area contributed by atoms with Crippen LogP contribution < -0.4 is 0 Å². The molecule has 5 nitrogen and oxygen atoms in total. The molecule has 2 aromatic rings. The van der Waals surface area contributed by atoms with Gasteiger partial charge in [0.1, 0.15) is 9.75 Å². The molecule has 0 saturated heterocycles. The van der Waals surface area contributed by atoms with Crippen LogP contribution in [0.25, 0.3) is 5.00 Å². The van der Waals surface area contributed by atoms with Gasteiger partial charge in [-0.05, 0) is 84.3 Å². The molecule has 2 fully saturated rings. The molecule has 2 aromatic heterocycles. The summed E-state index contributed by atoms with van der Waals surface area (Å²) in [4.78, 5) is 13.3. The van der Waals surface area contributed by atoms with E-state index >= 15 is 0 Å². The van der Waals surface area contributed by atoms with Gasteiger partial charge in [0.2, 0.25) is 4.73 Å². The number of halogens is 1. The van der Waals surface area contributed by atoms with Crippen LogP contribution in [-0.4, -0.2) is 30.6 Å². The zero-order valence-electron chi connectivity index (χ0n) is 13.6. The summed E-state index contributed by atoms with van der Waals surface area (Å²) in [6.45, 7) is 0. The van der Waals surface area contributed by atoms with Gasteiger partial charge in [0.05, 0.1) is 0 Å². The van der Waals surface area contributed by atoms with E-state index in [1.807, 2.05) is 15.9 Å². The maximum Gasteiger partial charge on any atom is 0.320 e. The molecular weight excluding hydrogens is 422 g/mol. The first kappa shape index (κ1) is 16.3. The van der Waals surface area contributed by atoms with E-state index < -0.39 is 10.7 Å². The number of hydrogen-bond donors (Lipinski definition) is 1. The SMILES string of the molecule is O=C(O)C1(Sc2nnc(Br)n2-c2sc(C3CC3)c3c2CCC3)CCC1. The minimum absolute atomic E-state index is 0.674. The van der Waals surface area contributed by atoms with E-state index in [1.165, 1.54) is 48.0 Å². The van der Waals surface area contributed by atoms with E-state index in [0.29, 0.717) is 22.7 Å². The Morgan fingerprint density at radius 1 is 1.24 bits per heavy atom. The van der Waals surface area contributed by atoms with E-state index in [-0.39, 0.29) is 0 Å². The number of carboxylic acids is 1. The van der Waals surface area contributed by atoms with Gasteiger partial charge in [-0.2, -0.15) is 0 Å². The van der Waals surface area contributed by atoms with Crippen LogP contribution in [0.4, 0.5) is 0 Å². The Kier molecular flexibility index (Phi) is 3.80. The summed E-state index contributed by atoms with van der Waals surface area (Å²) in [6.07, 6.45) is 8.48. The van der Waals surface area contributed by atoms with Crippen molar-refractivity contribution in [2.45, 2.75) is 67.2 Å². The summed E-state index contributed by atoms with van der Waals surface area (Å²) in [5.74, 6) is 0.0125. The Balaban J connectivity index is 1.58. The molecule has 0 aliphatic heterocycles. The van der Waals surface area contributed by atoms with Gasteiger partial charge in [-0.3, -0.25) is 9.36 Å². The van der Waals surface area contributed by atoms with Gasteiger partial charge in [-0.1, -0.05) is 11.8 Å². The predicted octanol–water partition coefficient (Wildman–Crippen LogP) is 4.56. The molecule has 0 aromatic carbocycles. The first-order chi connectivity index (χ1) is 12.1. The number of carbonyl (C=O) groups is 1. The summed E-state index contributed by atoms with van der Waals surface area (Å²) >= 11 is 6.79. The van der Waals surface area contributed by atoms with Gasteiger partial charge in [-0.15, -0.1) is 21.5 Å². The maximum absolute atomic E-state index is 11.8. The number of rotatable bonds is 5. The summed E-state index contributed by atoms with van der Waals surface area (Å²) in [6, 6.07) is 0. The first-order valence-electron chi connectivity index (χ1n) is 8.77. The molecule has 0 bridgehead atoms. The van der Waals surface area contributed by atoms with Crippen molar-refractivity contribution >= 4 is 45.0 Å². The number of nitrogens with zero attached hydrogens (tertiary/aromatic N) is 3. The van der Waals surface area contributed by atoms with Gasteiger partial charge < -0.3 is 5.11 Å². The highest BCUT2D eigenvalue weighted by molar-refractivity contribution is 9.10. The molecule has 0 spiro atoms.